The van der Waals surface area contributed by atoms with Gasteiger partial charge in [0, 0.05) is 23.1 Å². The summed E-state index contributed by atoms with van der Waals surface area (Å²) in [5.74, 6) is 0.724. The lowest BCUT2D eigenvalue weighted by Gasteiger charge is -2.12. The predicted molar refractivity (Wildman–Crippen MR) is 102 cm³/mol. The molecule has 0 saturated heterocycles. The van der Waals surface area contributed by atoms with Crippen molar-refractivity contribution in [1.29, 1.82) is 5.26 Å². The highest BCUT2D eigenvalue weighted by Gasteiger charge is 2.11. The summed E-state index contributed by atoms with van der Waals surface area (Å²) in [6.45, 7) is 4.48. The second-order valence-electron chi connectivity index (χ2n) is 6.15. The number of rotatable bonds is 5. The highest BCUT2D eigenvalue weighted by molar-refractivity contribution is 6.34. The smallest absolute Gasteiger partial charge is 0.137 e. The summed E-state index contributed by atoms with van der Waals surface area (Å²) in [5.41, 5.74) is 3.40. The van der Waals surface area contributed by atoms with Gasteiger partial charge in [0.25, 0.3) is 0 Å². The Morgan fingerprint density at radius 1 is 1.16 bits per heavy atom. The van der Waals surface area contributed by atoms with Crippen molar-refractivity contribution in [2.24, 2.45) is 5.92 Å². The quantitative estimate of drug-likeness (QED) is 0.547. The first-order chi connectivity index (χ1) is 12.1. The molecular formula is C21H19ClN2O. The van der Waals surface area contributed by atoms with Crippen LogP contribution in [0.2, 0.25) is 5.15 Å². The molecular weight excluding hydrogens is 332 g/mol. The Labute approximate surface area is 152 Å². The molecule has 3 rings (SSSR count). The van der Waals surface area contributed by atoms with Crippen LogP contribution in [0.4, 0.5) is 0 Å². The van der Waals surface area contributed by atoms with Crippen LogP contribution in [-0.4, -0.2) is 11.6 Å². The topological polar surface area (TPSA) is 45.9 Å². The van der Waals surface area contributed by atoms with E-state index < -0.39 is 0 Å². The van der Waals surface area contributed by atoms with Gasteiger partial charge in [0.2, 0.25) is 0 Å². The number of pyridine rings is 1. The maximum absolute atomic E-state index is 8.84. The molecule has 2 aromatic carbocycles. The number of nitriles is 1. The molecule has 1 heterocycles. The van der Waals surface area contributed by atoms with E-state index in [9.17, 15) is 0 Å². The van der Waals surface area contributed by atoms with E-state index in [0.717, 1.165) is 27.6 Å². The number of fused-ring (bicyclic) bond motifs is 1. The average molecular weight is 351 g/mol. The number of hydrogen-bond donors (Lipinski definition) is 0. The van der Waals surface area contributed by atoms with E-state index in [4.69, 9.17) is 21.6 Å². The third-order valence-corrected chi connectivity index (χ3v) is 4.59. The molecule has 0 radical (unpaired) electrons. The SMILES string of the molecule is Cc1ccccc1-c1cnc(Cl)c2cc(OCCC(C)C#N)ccc12. The van der Waals surface area contributed by atoms with Crippen molar-refractivity contribution in [3.05, 3.63) is 59.4 Å². The molecule has 0 aliphatic heterocycles. The first-order valence-corrected chi connectivity index (χ1v) is 8.64. The van der Waals surface area contributed by atoms with Crippen LogP contribution in [-0.2, 0) is 0 Å². The average Bonchev–Trinajstić information content (AvgIpc) is 2.63. The van der Waals surface area contributed by atoms with Gasteiger partial charge in [-0.1, -0.05) is 35.9 Å². The summed E-state index contributed by atoms with van der Waals surface area (Å²) < 4.78 is 5.77. The number of benzene rings is 2. The lowest BCUT2D eigenvalue weighted by molar-refractivity contribution is 0.298. The molecule has 0 fully saturated rings. The van der Waals surface area contributed by atoms with Gasteiger partial charge in [-0.05, 0) is 55.0 Å². The fourth-order valence-corrected chi connectivity index (χ4v) is 2.99. The molecule has 0 saturated carbocycles. The van der Waals surface area contributed by atoms with E-state index in [0.29, 0.717) is 18.2 Å². The molecule has 0 bridgehead atoms. The van der Waals surface area contributed by atoms with Gasteiger partial charge in [0.1, 0.15) is 10.9 Å². The highest BCUT2D eigenvalue weighted by atomic mass is 35.5. The Kier molecular flexibility index (Phi) is 5.21. The first kappa shape index (κ1) is 17.3. The Bertz CT molecular complexity index is 946. The summed E-state index contributed by atoms with van der Waals surface area (Å²) in [7, 11) is 0. The summed E-state index contributed by atoms with van der Waals surface area (Å²) >= 11 is 6.33. The van der Waals surface area contributed by atoms with Crippen molar-refractivity contribution < 1.29 is 4.74 Å². The van der Waals surface area contributed by atoms with Crippen LogP contribution < -0.4 is 4.74 Å². The molecule has 3 nitrogen and oxygen atoms in total. The van der Waals surface area contributed by atoms with E-state index in [2.05, 4.69) is 30.1 Å². The van der Waals surface area contributed by atoms with Gasteiger partial charge in [0.05, 0.1) is 12.7 Å². The molecule has 1 atom stereocenters. The van der Waals surface area contributed by atoms with Crippen LogP contribution in [0.3, 0.4) is 0 Å². The maximum Gasteiger partial charge on any atom is 0.137 e. The van der Waals surface area contributed by atoms with Crippen molar-refractivity contribution in [3.63, 3.8) is 0 Å². The molecule has 0 aliphatic carbocycles. The number of ether oxygens (including phenoxy) is 1. The number of aromatic nitrogens is 1. The zero-order chi connectivity index (χ0) is 17.8. The minimum Gasteiger partial charge on any atom is -0.494 e. The van der Waals surface area contributed by atoms with E-state index >= 15 is 0 Å². The third-order valence-electron chi connectivity index (χ3n) is 4.29. The largest absolute Gasteiger partial charge is 0.494 e. The normalized spacial score (nSPS) is 11.9. The van der Waals surface area contributed by atoms with Crippen LogP contribution in [0.25, 0.3) is 21.9 Å². The second-order valence-corrected chi connectivity index (χ2v) is 6.51. The number of halogens is 1. The van der Waals surface area contributed by atoms with E-state index in [1.54, 1.807) is 0 Å². The van der Waals surface area contributed by atoms with Crippen molar-refractivity contribution in [2.45, 2.75) is 20.3 Å². The van der Waals surface area contributed by atoms with Crippen molar-refractivity contribution in [1.82, 2.24) is 4.98 Å². The molecule has 0 N–H and O–H groups in total. The van der Waals surface area contributed by atoms with Gasteiger partial charge >= 0.3 is 0 Å². The lowest BCUT2D eigenvalue weighted by Crippen LogP contribution is -2.02. The fourth-order valence-electron chi connectivity index (χ4n) is 2.79. The molecule has 25 heavy (non-hydrogen) atoms. The van der Waals surface area contributed by atoms with E-state index in [1.807, 2.05) is 43.5 Å². The first-order valence-electron chi connectivity index (χ1n) is 8.27. The summed E-state index contributed by atoms with van der Waals surface area (Å²) in [5, 5.41) is 11.2. The number of aryl methyl sites for hydroxylation is 1. The van der Waals surface area contributed by atoms with Gasteiger partial charge in [-0.2, -0.15) is 5.26 Å². The third kappa shape index (κ3) is 3.75. The second kappa shape index (κ2) is 7.55. The minimum atomic E-state index is -0.0154. The summed E-state index contributed by atoms with van der Waals surface area (Å²) in [6, 6.07) is 16.3. The highest BCUT2D eigenvalue weighted by Crippen LogP contribution is 2.35. The monoisotopic (exact) mass is 350 g/mol. The molecule has 0 spiro atoms. The Morgan fingerprint density at radius 2 is 1.96 bits per heavy atom. The molecule has 126 valence electrons. The minimum absolute atomic E-state index is 0.0154. The van der Waals surface area contributed by atoms with Gasteiger partial charge in [-0.25, -0.2) is 4.98 Å². The van der Waals surface area contributed by atoms with Gasteiger partial charge < -0.3 is 4.74 Å². The van der Waals surface area contributed by atoms with Crippen molar-refractivity contribution >= 4 is 22.4 Å². The van der Waals surface area contributed by atoms with Crippen LogP contribution in [0.5, 0.6) is 5.75 Å². The number of nitrogens with zero attached hydrogens (tertiary/aromatic N) is 2. The van der Waals surface area contributed by atoms with Gasteiger partial charge in [-0.3, -0.25) is 0 Å². The summed E-state index contributed by atoms with van der Waals surface area (Å²) in [6.07, 6.45) is 2.52. The fraction of sp³-hybridized carbons (Fsp3) is 0.238. The molecule has 1 unspecified atom stereocenters. The van der Waals surface area contributed by atoms with Gasteiger partial charge in [0.15, 0.2) is 0 Å². The standard InChI is InChI=1S/C21H19ClN2O/c1-14(12-23)9-10-25-16-7-8-18-19(11-16)21(22)24-13-20(18)17-6-4-3-5-15(17)2/h3-8,11,13-14H,9-10H2,1-2H3. The van der Waals surface area contributed by atoms with E-state index in [1.165, 1.54) is 5.56 Å². The predicted octanol–water partition coefficient (Wildman–Crippen LogP) is 5.79. The van der Waals surface area contributed by atoms with Crippen molar-refractivity contribution in [3.8, 4) is 22.9 Å². The van der Waals surface area contributed by atoms with Crippen LogP contribution >= 0.6 is 11.6 Å². The zero-order valence-corrected chi connectivity index (χ0v) is 15.0. The summed E-state index contributed by atoms with van der Waals surface area (Å²) in [4.78, 5) is 4.35. The lowest BCUT2D eigenvalue weighted by atomic mass is 9.97. The molecule has 4 heteroatoms. The molecule has 3 aromatic rings. The molecule has 0 aliphatic rings. The van der Waals surface area contributed by atoms with E-state index in [-0.39, 0.29) is 5.92 Å². The van der Waals surface area contributed by atoms with Crippen LogP contribution in [0, 0.1) is 24.2 Å². The molecule has 0 amide bonds. The van der Waals surface area contributed by atoms with Crippen molar-refractivity contribution in [2.75, 3.05) is 6.61 Å². The Balaban J connectivity index is 1.97. The maximum atomic E-state index is 8.84. The van der Waals surface area contributed by atoms with Crippen LogP contribution in [0.15, 0.2) is 48.7 Å². The Hall–Kier alpha value is -2.57. The zero-order valence-electron chi connectivity index (χ0n) is 14.3. The van der Waals surface area contributed by atoms with Gasteiger partial charge in [-0.15, -0.1) is 0 Å². The Morgan fingerprint density at radius 3 is 2.72 bits per heavy atom. The molecule has 1 aromatic heterocycles. The number of hydrogen-bond acceptors (Lipinski definition) is 3. The van der Waals surface area contributed by atoms with Crippen LogP contribution in [0.1, 0.15) is 18.9 Å².